The molecule has 0 spiro atoms. The molecule has 4 heterocycles. The van der Waals surface area contributed by atoms with Crippen LogP contribution in [0.15, 0.2) is 6.07 Å². The monoisotopic (exact) mass is 356 g/mol. The van der Waals surface area contributed by atoms with E-state index in [1.807, 2.05) is 11.6 Å². The largest absolute Gasteiger partial charge is 0.390 e. The van der Waals surface area contributed by atoms with Crippen molar-refractivity contribution in [3.63, 3.8) is 0 Å². The number of aliphatic hydroxyl groups is 1. The number of aliphatic hydroxyl groups excluding tert-OH is 1. The molecule has 140 valence electrons. The van der Waals surface area contributed by atoms with Crippen LogP contribution >= 0.6 is 0 Å². The van der Waals surface area contributed by atoms with Gasteiger partial charge in [0, 0.05) is 55.8 Å². The number of nitrogens with one attached hydrogen (secondary N) is 1. The average molecular weight is 356 g/mol. The second-order valence-corrected chi connectivity index (χ2v) is 7.26. The summed E-state index contributed by atoms with van der Waals surface area (Å²) in [6, 6.07) is 2.17. The normalized spacial score (nSPS) is 20.3. The lowest BCUT2D eigenvalue weighted by Gasteiger charge is -2.30. The Kier molecular flexibility index (Phi) is 4.91. The van der Waals surface area contributed by atoms with E-state index in [4.69, 9.17) is 9.97 Å². The molecule has 2 aliphatic rings. The molecule has 26 heavy (non-hydrogen) atoms. The quantitative estimate of drug-likeness (QED) is 0.865. The number of fused-ring (bicyclic) bond motifs is 1. The molecule has 1 saturated heterocycles. The maximum absolute atomic E-state index is 9.69. The zero-order valence-electron chi connectivity index (χ0n) is 15.7. The van der Waals surface area contributed by atoms with E-state index < -0.39 is 0 Å². The molecule has 0 amide bonds. The Morgan fingerprint density at radius 1 is 1.35 bits per heavy atom. The van der Waals surface area contributed by atoms with Crippen molar-refractivity contribution in [1.29, 1.82) is 0 Å². The van der Waals surface area contributed by atoms with Crippen LogP contribution in [0.4, 0.5) is 5.82 Å². The number of nitrogens with zero attached hydrogens (tertiary/aromatic N) is 5. The Bertz CT molecular complexity index is 781. The van der Waals surface area contributed by atoms with Gasteiger partial charge in [0.25, 0.3) is 0 Å². The van der Waals surface area contributed by atoms with Gasteiger partial charge in [-0.25, -0.2) is 9.97 Å². The van der Waals surface area contributed by atoms with Gasteiger partial charge in [-0.15, -0.1) is 0 Å². The fourth-order valence-electron chi connectivity index (χ4n) is 4.20. The van der Waals surface area contributed by atoms with Gasteiger partial charge in [-0.3, -0.25) is 4.68 Å². The van der Waals surface area contributed by atoms with Crippen LogP contribution in [0.5, 0.6) is 0 Å². The van der Waals surface area contributed by atoms with Gasteiger partial charge in [0.1, 0.15) is 11.6 Å². The van der Waals surface area contributed by atoms with E-state index in [0.717, 1.165) is 67.7 Å². The van der Waals surface area contributed by atoms with Crippen molar-refractivity contribution < 1.29 is 5.11 Å². The Hall–Kier alpha value is -1.99. The van der Waals surface area contributed by atoms with E-state index in [2.05, 4.69) is 28.3 Å². The molecule has 2 aliphatic heterocycles. The van der Waals surface area contributed by atoms with Crippen molar-refractivity contribution in [3.05, 3.63) is 34.5 Å². The molecule has 0 bridgehead atoms. The highest BCUT2D eigenvalue weighted by Gasteiger charge is 2.26. The zero-order chi connectivity index (χ0) is 18.1. The minimum absolute atomic E-state index is 0.00896. The maximum Gasteiger partial charge on any atom is 0.132 e. The Labute approximate surface area is 154 Å². The van der Waals surface area contributed by atoms with Gasteiger partial charge in [0.15, 0.2) is 0 Å². The van der Waals surface area contributed by atoms with Crippen molar-refractivity contribution in [2.75, 3.05) is 24.5 Å². The van der Waals surface area contributed by atoms with Crippen LogP contribution in [0.1, 0.15) is 54.2 Å². The minimum atomic E-state index is -0.00896. The maximum atomic E-state index is 9.69. The molecule has 0 unspecified atom stereocenters. The summed E-state index contributed by atoms with van der Waals surface area (Å²) in [5, 5.41) is 17.7. The molecule has 2 N–H and O–H groups in total. The van der Waals surface area contributed by atoms with Crippen LogP contribution in [0.3, 0.4) is 0 Å². The number of piperidine rings is 1. The van der Waals surface area contributed by atoms with E-state index in [1.165, 1.54) is 18.5 Å². The van der Waals surface area contributed by atoms with E-state index in [1.54, 1.807) is 0 Å². The summed E-state index contributed by atoms with van der Waals surface area (Å²) in [6.07, 6.45) is 3.32. The van der Waals surface area contributed by atoms with E-state index >= 15 is 0 Å². The van der Waals surface area contributed by atoms with E-state index in [0.29, 0.717) is 5.92 Å². The van der Waals surface area contributed by atoms with Crippen molar-refractivity contribution in [1.82, 2.24) is 25.1 Å². The predicted octanol–water partition coefficient (Wildman–Crippen LogP) is 1.52. The number of rotatable bonds is 4. The lowest BCUT2D eigenvalue weighted by atomic mass is 9.95. The van der Waals surface area contributed by atoms with Crippen LogP contribution in [0.2, 0.25) is 0 Å². The molecule has 2 aromatic heterocycles. The SMILES string of the molecule is CCn1nc(CO)c2c1CCN(c1cc([C@@H]3CCCNC3)nc(C)n1)C2. The second kappa shape index (κ2) is 7.32. The first-order chi connectivity index (χ1) is 12.7. The Morgan fingerprint density at radius 2 is 2.23 bits per heavy atom. The third-order valence-corrected chi connectivity index (χ3v) is 5.55. The lowest BCUT2D eigenvalue weighted by Crippen LogP contribution is -2.33. The third-order valence-electron chi connectivity index (χ3n) is 5.55. The first-order valence-corrected chi connectivity index (χ1v) is 9.69. The smallest absolute Gasteiger partial charge is 0.132 e. The highest BCUT2D eigenvalue weighted by atomic mass is 16.3. The van der Waals surface area contributed by atoms with Gasteiger partial charge in [0.05, 0.1) is 18.0 Å². The molecule has 4 rings (SSSR count). The molecule has 1 atom stereocenters. The van der Waals surface area contributed by atoms with Crippen LogP contribution < -0.4 is 10.2 Å². The molecule has 2 aromatic rings. The van der Waals surface area contributed by atoms with Crippen LogP contribution in [0.25, 0.3) is 0 Å². The molecule has 7 heteroatoms. The van der Waals surface area contributed by atoms with Crippen molar-refractivity contribution in [2.45, 2.75) is 58.7 Å². The number of hydrogen-bond acceptors (Lipinski definition) is 6. The number of aromatic nitrogens is 4. The molecule has 7 nitrogen and oxygen atoms in total. The minimum Gasteiger partial charge on any atom is -0.390 e. The molecule has 0 aliphatic carbocycles. The predicted molar refractivity (Wildman–Crippen MR) is 100 cm³/mol. The van der Waals surface area contributed by atoms with Crippen LogP contribution in [-0.2, 0) is 26.1 Å². The summed E-state index contributed by atoms with van der Waals surface area (Å²) in [5.74, 6) is 2.30. The highest BCUT2D eigenvalue weighted by Crippen LogP contribution is 2.29. The van der Waals surface area contributed by atoms with Gasteiger partial charge in [-0.05, 0) is 33.2 Å². The lowest BCUT2D eigenvalue weighted by molar-refractivity contribution is 0.274. The summed E-state index contributed by atoms with van der Waals surface area (Å²) in [6.45, 7) is 8.68. The van der Waals surface area contributed by atoms with E-state index in [-0.39, 0.29) is 6.61 Å². The molecule has 1 fully saturated rings. The van der Waals surface area contributed by atoms with Gasteiger partial charge in [-0.1, -0.05) is 0 Å². The van der Waals surface area contributed by atoms with Crippen LogP contribution in [0, 0.1) is 6.92 Å². The number of anilines is 1. The standard InChI is InChI=1S/C19H28N6O/c1-3-25-18-6-8-24(11-15(18)17(12-26)23-25)19-9-16(21-13(2)22-19)14-5-4-7-20-10-14/h9,14,20,26H,3-8,10-12H2,1-2H3/t14-/m1/s1. The number of hydrogen-bond donors (Lipinski definition) is 2. The molecular weight excluding hydrogens is 328 g/mol. The fraction of sp³-hybridized carbons (Fsp3) is 0.632. The fourth-order valence-corrected chi connectivity index (χ4v) is 4.20. The average Bonchev–Trinajstić information content (AvgIpc) is 3.05. The van der Waals surface area contributed by atoms with Crippen molar-refractivity contribution in [3.8, 4) is 0 Å². The summed E-state index contributed by atoms with van der Waals surface area (Å²) < 4.78 is 2.03. The first-order valence-electron chi connectivity index (χ1n) is 9.69. The van der Waals surface area contributed by atoms with Crippen molar-refractivity contribution >= 4 is 5.82 Å². The molecule has 0 radical (unpaired) electrons. The second-order valence-electron chi connectivity index (χ2n) is 7.26. The summed E-state index contributed by atoms with van der Waals surface area (Å²) in [4.78, 5) is 11.7. The Balaban J connectivity index is 1.62. The molecule has 0 aromatic carbocycles. The van der Waals surface area contributed by atoms with Gasteiger partial charge in [-0.2, -0.15) is 5.10 Å². The highest BCUT2D eigenvalue weighted by molar-refractivity contribution is 5.45. The molecular formula is C19H28N6O. The summed E-state index contributed by atoms with van der Waals surface area (Å²) >= 11 is 0. The third kappa shape index (κ3) is 3.21. The van der Waals surface area contributed by atoms with Gasteiger partial charge >= 0.3 is 0 Å². The Morgan fingerprint density at radius 3 is 2.96 bits per heavy atom. The summed E-state index contributed by atoms with van der Waals surface area (Å²) in [5.41, 5.74) is 4.37. The van der Waals surface area contributed by atoms with E-state index in [9.17, 15) is 5.11 Å². The topological polar surface area (TPSA) is 79.1 Å². The zero-order valence-corrected chi connectivity index (χ0v) is 15.7. The van der Waals surface area contributed by atoms with Gasteiger partial charge in [0.2, 0.25) is 0 Å². The first kappa shape index (κ1) is 17.4. The summed E-state index contributed by atoms with van der Waals surface area (Å²) in [7, 11) is 0. The molecule has 0 saturated carbocycles. The van der Waals surface area contributed by atoms with Crippen molar-refractivity contribution in [2.24, 2.45) is 0 Å². The van der Waals surface area contributed by atoms with Crippen LogP contribution in [-0.4, -0.2) is 44.5 Å². The van der Waals surface area contributed by atoms with Gasteiger partial charge < -0.3 is 15.3 Å². The number of aryl methyl sites for hydroxylation is 2.